The number of piperidine rings is 1. The Morgan fingerprint density at radius 1 is 1.26 bits per heavy atom. The van der Waals surface area contributed by atoms with Gasteiger partial charge in [0, 0.05) is 13.2 Å². The first-order chi connectivity index (χ1) is 11.1. The zero-order chi connectivity index (χ0) is 16.2. The van der Waals surface area contributed by atoms with Crippen LogP contribution < -0.4 is 5.32 Å². The molecule has 2 fully saturated rings. The molecule has 0 aromatic heterocycles. The number of aryl methyl sites for hydroxylation is 1. The van der Waals surface area contributed by atoms with Gasteiger partial charge in [0.05, 0.1) is 12.0 Å². The van der Waals surface area contributed by atoms with Crippen molar-refractivity contribution in [2.24, 2.45) is 11.8 Å². The number of rotatable bonds is 4. The van der Waals surface area contributed by atoms with Crippen molar-refractivity contribution < 1.29 is 9.53 Å². The minimum Gasteiger partial charge on any atom is -0.377 e. The van der Waals surface area contributed by atoms with Gasteiger partial charge in [0.2, 0.25) is 5.91 Å². The molecule has 3 rings (SSSR count). The quantitative estimate of drug-likeness (QED) is 0.927. The molecule has 0 unspecified atom stereocenters. The molecule has 2 atom stereocenters. The lowest BCUT2D eigenvalue weighted by Crippen LogP contribution is -2.42. The standard InChI is InChI=1S/C19H28N2O2/c1-14-5-3-4-6-16(14)13-20-19(22)17-9-12-23-18(17)15-7-10-21(2)11-8-15/h3-6,15,17-18H,7-13H2,1-2H3,(H,20,22)/t17-,18+/m0/s1. The highest BCUT2D eigenvalue weighted by Crippen LogP contribution is 2.33. The summed E-state index contributed by atoms with van der Waals surface area (Å²) in [6.45, 7) is 5.65. The Labute approximate surface area is 139 Å². The largest absolute Gasteiger partial charge is 0.377 e. The van der Waals surface area contributed by atoms with Gasteiger partial charge < -0.3 is 15.0 Å². The van der Waals surface area contributed by atoms with Crippen molar-refractivity contribution in [1.82, 2.24) is 10.2 Å². The van der Waals surface area contributed by atoms with Gasteiger partial charge in [0.25, 0.3) is 0 Å². The van der Waals surface area contributed by atoms with Crippen molar-refractivity contribution in [1.29, 1.82) is 0 Å². The van der Waals surface area contributed by atoms with Gasteiger partial charge in [-0.2, -0.15) is 0 Å². The van der Waals surface area contributed by atoms with Gasteiger partial charge in [0.15, 0.2) is 0 Å². The molecule has 0 bridgehead atoms. The third-order valence-corrected chi connectivity index (χ3v) is 5.41. The molecule has 2 heterocycles. The van der Waals surface area contributed by atoms with E-state index in [1.807, 2.05) is 12.1 Å². The van der Waals surface area contributed by atoms with E-state index in [0.717, 1.165) is 39.0 Å². The van der Waals surface area contributed by atoms with Crippen LogP contribution in [0, 0.1) is 18.8 Å². The van der Waals surface area contributed by atoms with Crippen molar-refractivity contribution in [2.45, 2.75) is 38.8 Å². The van der Waals surface area contributed by atoms with E-state index in [0.29, 0.717) is 12.5 Å². The maximum atomic E-state index is 12.6. The first kappa shape index (κ1) is 16.5. The highest BCUT2D eigenvalue weighted by molar-refractivity contribution is 5.79. The van der Waals surface area contributed by atoms with Crippen LogP contribution in [-0.4, -0.2) is 43.7 Å². The summed E-state index contributed by atoms with van der Waals surface area (Å²) < 4.78 is 5.96. The molecule has 23 heavy (non-hydrogen) atoms. The summed E-state index contributed by atoms with van der Waals surface area (Å²) in [7, 11) is 2.16. The van der Waals surface area contributed by atoms with Crippen LogP contribution >= 0.6 is 0 Å². The number of hydrogen-bond acceptors (Lipinski definition) is 3. The summed E-state index contributed by atoms with van der Waals surface area (Å²) in [6.07, 6.45) is 3.25. The average Bonchev–Trinajstić information content (AvgIpc) is 3.04. The summed E-state index contributed by atoms with van der Waals surface area (Å²) in [6, 6.07) is 8.22. The van der Waals surface area contributed by atoms with E-state index >= 15 is 0 Å². The van der Waals surface area contributed by atoms with Crippen molar-refractivity contribution in [3.8, 4) is 0 Å². The van der Waals surface area contributed by atoms with Crippen LogP contribution in [-0.2, 0) is 16.1 Å². The highest BCUT2D eigenvalue weighted by atomic mass is 16.5. The fraction of sp³-hybridized carbons (Fsp3) is 0.632. The van der Waals surface area contributed by atoms with Gasteiger partial charge in [0.1, 0.15) is 0 Å². The van der Waals surface area contributed by atoms with Crippen LogP contribution in [0.15, 0.2) is 24.3 Å². The zero-order valence-corrected chi connectivity index (χ0v) is 14.3. The van der Waals surface area contributed by atoms with Gasteiger partial charge in [-0.1, -0.05) is 24.3 Å². The van der Waals surface area contributed by atoms with Crippen LogP contribution in [0.4, 0.5) is 0 Å². The van der Waals surface area contributed by atoms with Crippen molar-refractivity contribution in [3.63, 3.8) is 0 Å². The minimum atomic E-state index is 0.0208. The molecule has 4 heteroatoms. The monoisotopic (exact) mass is 316 g/mol. The van der Waals surface area contributed by atoms with E-state index in [1.165, 1.54) is 11.1 Å². The Hall–Kier alpha value is -1.39. The summed E-state index contributed by atoms with van der Waals surface area (Å²) in [5, 5.41) is 3.13. The molecule has 0 aliphatic carbocycles. The number of carbonyl (C=O) groups is 1. The molecule has 2 aliphatic rings. The Morgan fingerprint density at radius 2 is 2.00 bits per heavy atom. The Bertz CT molecular complexity index is 538. The summed E-state index contributed by atoms with van der Waals surface area (Å²) in [5.74, 6) is 0.713. The zero-order valence-electron chi connectivity index (χ0n) is 14.3. The Balaban J connectivity index is 1.57. The fourth-order valence-corrected chi connectivity index (χ4v) is 3.84. The first-order valence-electron chi connectivity index (χ1n) is 8.77. The molecule has 1 amide bonds. The summed E-state index contributed by atoms with van der Waals surface area (Å²) in [5.41, 5.74) is 2.41. The lowest BCUT2D eigenvalue weighted by Gasteiger charge is -2.34. The number of carbonyl (C=O) groups excluding carboxylic acids is 1. The summed E-state index contributed by atoms with van der Waals surface area (Å²) >= 11 is 0. The minimum absolute atomic E-state index is 0.0208. The van der Waals surface area contributed by atoms with Crippen LogP contribution in [0.5, 0.6) is 0 Å². The molecule has 126 valence electrons. The van der Waals surface area contributed by atoms with Crippen LogP contribution in [0.25, 0.3) is 0 Å². The number of nitrogens with zero attached hydrogens (tertiary/aromatic N) is 1. The Kier molecular flexibility index (Phi) is 5.34. The third kappa shape index (κ3) is 3.93. The molecular formula is C19H28N2O2. The topological polar surface area (TPSA) is 41.6 Å². The van der Waals surface area contributed by atoms with Crippen molar-refractivity contribution >= 4 is 5.91 Å². The number of hydrogen-bond donors (Lipinski definition) is 1. The summed E-state index contributed by atoms with van der Waals surface area (Å²) in [4.78, 5) is 15.0. The van der Waals surface area contributed by atoms with E-state index in [2.05, 4.69) is 36.3 Å². The molecule has 2 saturated heterocycles. The predicted octanol–water partition coefficient (Wildman–Crippen LogP) is 2.36. The normalized spacial score (nSPS) is 26.3. The van der Waals surface area contributed by atoms with Gasteiger partial charge in [-0.05, 0) is 63.4 Å². The SMILES string of the molecule is Cc1ccccc1CNC(=O)[C@H]1CCO[C@@H]1C1CCN(C)CC1. The first-order valence-corrected chi connectivity index (χ1v) is 8.77. The molecule has 0 radical (unpaired) electrons. The highest BCUT2D eigenvalue weighted by Gasteiger charge is 2.39. The number of amides is 1. The van der Waals surface area contributed by atoms with E-state index in [9.17, 15) is 4.79 Å². The molecule has 4 nitrogen and oxygen atoms in total. The number of likely N-dealkylation sites (tertiary alicyclic amines) is 1. The molecule has 1 aromatic carbocycles. The third-order valence-electron chi connectivity index (χ3n) is 5.41. The molecular weight excluding hydrogens is 288 g/mol. The van der Waals surface area contributed by atoms with Crippen molar-refractivity contribution in [3.05, 3.63) is 35.4 Å². The Morgan fingerprint density at radius 3 is 2.74 bits per heavy atom. The maximum absolute atomic E-state index is 12.6. The van der Waals surface area contributed by atoms with Gasteiger partial charge in [-0.15, -0.1) is 0 Å². The fourth-order valence-electron chi connectivity index (χ4n) is 3.84. The number of benzene rings is 1. The molecule has 1 N–H and O–H groups in total. The molecule has 0 spiro atoms. The second-order valence-electron chi connectivity index (χ2n) is 7.02. The molecule has 0 saturated carbocycles. The van der Waals surface area contributed by atoms with E-state index in [4.69, 9.17) is 4.74 Å². The lowest BCUT2D eigenvalue weighted by molar-refractivity contribution is -0.128. The molecule has 1 aromatic rings. The van der Waals surface area contributed by atoms with E-state index in [1.54, 1.807) is 0 Å². The van der Waals surface area contributed by atoms with Crippen molar-refractivity contribution in [2.75, 3.05) is 26.7 Å². The second-order valence-corrected chi connectivity index (χ2v) is 7.02. The second kappa shape index (κ2) is 7.45. The van der Waals surface area contributed by atoms with Crippen LogP contribution in [0.1, 0.15) is 30.4 Å². The van der Waals surface area contributed by atoms with E-state index in [-0.39, 0.29) is 17.9 Å². The van der Waals surface area contributed by atoms with Gasteiger partial charge in [-0.3, -0.25) is 4.79 Å². The lowest BCUT2D eigenvalue weighted by atomic mass is 9.84. The van der Waals surface area contributed by atoms with Crippen LogP contribution in [0.2, 0.25) is 0 Å². The van der Waals surface area contributed by atoms with Gasteiger partial charge in [-0.25, -0.2) is 0 Å². The average molecular weight is 316 g/mol. The van der Waals surface area contributed by atoms with Gasteiger partial charge >= 0.3 is 0 Å². The smallest absolute Gasteiger partial charge is 0.226 e. The van der Waals surface area contributed by atoms with E-state index < -0.39 is 0 Å². The number of nitrogens with one attached hydrogen (secondary N) is 1. The predicted molar refractivity (Wildman–Crippen MR) is 91.1 cm³/mol. The maximum Gasteiger partial charge on any atom is 0.226 e. The molecule has 2 aliphatic heterocycles. The van der Waals surface area contributed by atoms with Crippen LogP contribution in [0.3, 0.4) is 0 Å². The number of ether oxygens (including phenoxy) is 1.